The second-order valence-corrected chi connectivity index (χ2v) is 9.50. The predicted octanol–water partition coefficient (Wildman–Crippen LogP) is 1.35. The van der Waals surface area contributed by atoms with Crippen LogP contribution in [0.3, 0.4) is 0 Å². The number of hydrogen-bond acceptors (Lipinski definition) is 5. The SMILES string of the molecule is Cc1ccc(S(=O)(=O)N2CCN(CC(=O)N3CCNC(C)C3C)CC2)cc1.Cl.Cl. The van der Waals surface area contributed by atoms with Crippen LogP contribution in [-0.2, 0) is 14.8 Å². The highest BCUT2D eigenvalue weighted by Gasteiger charge is 2.32. The standard InChI is InChI=1S/C19H30N4O3S.2ClH/c1-15-4-6-18(7-5-15)27(25,26)22-12-10-21(11-13-22)14-19(24)23-9-8-20-16(2)17(23)3;;/h4-7,16-17,20H,8-14H2,1-3H3;2*1H. The summed E-state index contributed by atoms with van der Waals surface area (Å²) >= 11 is 0. The molecular weight excluding hydrogens is 435 g/mol. The molecule has 1 aromatic carbocycles. The molecule has 0 aromatic heterocycles. The number of halogens is 2. The number of aryl methyl sites for hydroxylation is 1. The number of benzene rings is 1. The predicted molar refractivity (Wildman–Crippen MR) is 120 cm³/mol. The van der Waals surface area contributed by atoms with Gasteiger partial charge in [0.15, 0.2) is 0 Å². The number of nitrogens with one attached hydrogen (secondary N) is 1. The molecule has 2 aliphatic rings. The maximum atomic E-state index is 12.8. The van der Waals surface area contributed by atoms with Crippen LogP contribution in [0.15, 0.2) is 29.2 Å². The molecule has 0 saturated carbocycles. The van der Waals surface area contributed by atoms with E-state index < -0.39 is 10.0 Å². The normalized spacial score (nSPS) is 23.8. The molecule has 0 bridgehead atoms. The molecule has 2 fully saturated rings. The van der Waals surface area contributed by atoms with Gasteiger partial charge in [0.05, 0.1) is 11.4 Å². The van der Waals surface area contributed by atoms with E-state index in [2.05, 4.69) is 24.1 Å². The maximum absolute atomic E-state index is 12.8. The minimum atomic E-state index is -3.46. The summed E-state index contributed by atoms with van der Waals surface area (Å²) < 4.78 is 27.1. The van der Waals surface area contributed by atoms with Gasteiger partial charge in [0.1, 0.15) is 0 Å². The Hall–Kier alpha value is -0.900. The van der Waals surface area contributed by atoms with E-state index in [1.807, 2.05) is 24.0 Å². The molecule has 7 nitrogen and oxygen atoms in total. The first-order chi connectivity index (χ1) is 12.8. The lowest BCUT2D eigenvalue weighted by molar-refractivity contribution is -0.136. The van der Waals surface area contributed by atoms with Gasteiger partial charge in [0, 0.05) is 51.4 Å². The Balaban J connectivity index is 0.00000210. The fourth-order valence-electron chi connectivity index (χ4n) is 3.68. The van der Waals surface area contributed by atoms with Crippen molar-refractivity contribution in [1.29, 1.82) is 0 Å². The molecule has 3 rings (SSSR count). The van der Waals surface area contributed by atoms with Crippen LogP contribution < -0.4 is 5.32 Å². The second kappa shape index (κ2) is 10.9. The van der Waals surface area contributed by atoms with E-state index in [9.17, 15) is 13.2 Å². The average Bonchev–Trinajstić information content (AvgIpc) is 2.64. The molecule has 2 saturated heterocycles. The maximum Gasteiger partial charge on any atom is 0.243 e. The first-order valence-electron chi connectivity index (χ1n) is 9.61. The van der Waals surface area contributed by atoms with Gasteiger partial charge >= 0.3 is 0 Å². The molecular formula is C19H32Cl2N4O3S. The van der Waals surface area contributed by atoms with Crippen molar-refractivity contribution in [3.63, 3.8) is 0 Å². The van der Waals surface area contributed by atoms with E-state index in [0.29, 0.717) is 43.7 Å². The zero-order chi connectivity index (χ0) is 19.6. The summed E-state index contributed by atoms with van der Waals surface area (Å²) in [5.74, 6) is 0.130. The van der Waals surface area contributed by atoms with Gasteiger partial charge in [0.2, 0.25) is 15.9 Å². The van der Waals surface area contributed by atoms with Crippen LogP contribution >= 0.6 is 24.8 Å². The van der Waals surface area contributed by atoms with Crippen LogP contribution in [0.4, 0.5) is 0 Å². The summed E-state index contributed by atoms with van der Waals surface area (Å²) in [6, 6.07) is 7.42. The largest absolute Gasteiger partial charge is 0.336 e. The highest BCUT2D eigenvalue weighted by molar-refractivity contribution is 7.89. The van der Waals surface area contributed by atoms with E-state index in [0.717, 1.165) is 18.7 Å². The van der Waals surface area contributed by atoms with Gasteiger partial charge < -0.3 is 10.2 Å². The lowest BCUT2D eigenvalue weighted by Gasteiger charge is -2.40. The summed E-state index contributed by atoms with van der Waals surface area (Å²) in [5.41, 5.74) is 1.04. The summed E-state index contributed by atoms with van der Waals surface area (Å²) in [7, 11) is -3.46. The molecule has 1 N–H and O–H groups in total. The molecule has 2 unspecified atom stereocenters. The van der Waals surface area contributed by atoms with Crippen molar-refractivity contribution in [2.24, 2.45) is 0 Å². The summed E-state index contributed by atoms with van der Waals surface area (Å²) in [5, 5.41) is 3.38. The van der Waals surface area contributed by atoms with Gasteiger partial charge in [-0.3, -0.25) is 9.69 Å². The van der Waals surface area contributed by atoms with Crippen molar-refractivity contribution in [3.8, 4) is 0 Å². The molecule has 2 atom stereocenters. The Labute approximate surface area is 186 Å². The Morgan fingerprint density at radius 2 is 1.62 bits per heavy atom. The van der Waals surface area contributed by atoms with Crippen LogP contribution in [-0.4, -0.2) is 86.3 Å². The summed E-state index contributed by atoms with van der Waals surface area (Å²) in [6.07, 6.45) is 0. The van der Waals surface area contributed by atoms with Crippen molar-refractivity contribution >= 4 is 40.7 Å². The molecule has 1 aromatic rings. The first kappa shape index (κ1) is 26.1. The molecule has 0 radical (unpaired) electrons. The zero-order valence-electron chi connectivity index (χ0n) is 17.2. The van der Waals surface area contributed by atoms with Gasteiger partial charge in [-0.1, -0.05) is 17.7 Å². The number of rotatable bonds is 4. The van der Waals surface area contributed by atoms with Crippen LogP contribution in [0.2, 0.25) is 0 Å². The van der Waals surface area contributed by atoms with Gasteiger partial charge in [-0.15, -0.1) is 24.8 Å². The van der Waals surface area contributed by atoms with Crippen molar-refractivity contribution in [2.75, 3.05) is 45.8 Å². The molecule has 0 spiro atoms. The van der Waals surface area contributed by atoms with Crippen LogP contribution in [0.1, 0.15) is 19.4 Å². The summed E-state index contributed by atoms with van der Waals surface area (Å²) in [4.78, 5) is 17.0. The number of carbonyl (C=O) groups is 1. The zero-order valence-corrected chi connectivity index (χ0v) is 19.7. The minimum Gasteiger partial charge on any atom is -0.336 e. The van der Waals surface area contributed by atoms with Crippen LogP contribution in [0.5, 0.6) is 0 Å². The Morgan fingerprint density at radius 1 is 1.03 bits per heavy atom. The second-order valence-electron chi connectivity index (χ2n) is 7.56. The molecule has 2 heterocycles. The molecule has 10 heteroatoms. The molecule has 1 amide bonds. The minimum absolute atomic E-state index is 0. The third-order valence-corrected chi connectivity index (χ3v) is 7.62. The Morgan fingerprint density at radius 3 is 2.21 bits per heavy atom. The number of amides is 1. The fraction of sp³-hybridized carbons (Fsp3) is 0.632. The first-order valence-corrected chi connectivity index (χ1v) is 11.0. The van der Waals surface area contributed by atoms with E-state index in [1.54, 1.807) is 12.1 Å². The lowest BCUT2D eigenvalue weighted by Crippen LogP contribution is -2.59. The molecule has 29 heavy (non-hydrogen) atoms. The van der Waals surface area contributed by atoms with E-state index in [1.165, 1.54) is 4.31 Å². The van der Waals surface area contributed by atoms with Crippen molar-refractivity contribution in [2.45, 2.75) is 37.8 Å². The van der Waals surface area contributed by atoms with Gasteiger partial charge in [-0.2, -0.15) is 4.31 Å². The Bertz CT molecular complexity index is 768. The highest BCUT2D eigenvalue weighted by atomic mass is 35.5. The van der Waals surface area contributed by atoms with E-state index in [4.69, 9.17) is 0 Å². The summed E-state index contributed by atoms with van der Waals surface area (Å²) in [6.45, 7) is 9.99. The third-order valence-electron chi connectivity index (χ3n) is 5.70. The van der Waals surface area contributed by atoms with Crippen LogP contribution in [0, 0.1) is 6.92 Å². The third kappa shape index (κ3) is 6.06. The smallest absolute Gasteiger partial charge is 0.243 e. The number of carbonyl (C=O) groups excluding carboxylic acids is 1. The number of nitrogens with zero attached hydrogens (tertiary/aromatic N) is 3. The molecule has 2 aliphatic heterocycles. The van der Waals surface area contributed by atoms with E-state index in [-0.39, 0.29) is 36.8 Å². The lowest BCUT2D eigenvalue weighted by atomic mass is 10.1. The van der Waals surface area contributed by atoms with Crippen molar-refractivity contribution in [1.82, 2.24) is 19.4 Å². The van der Waals surface area contributed by atoms with Gasteiger partial charge in [-0.25, -0.2) is 8.42 Å². The van der Waals surface area contributed by atoms with Gasteiger partial charge in [-0.05, 0) is 32.9 Å². The Kier molecular flexibility index (Phi) is 9.85. The number of piperazine rings is 2. The highest BCUT2D eigenvalue weighted by Crippen LogP contribution is 2.18. The quantitative estimate of drug-likeness (QED) is 0.724. The molecule has 166 valence electrons. The van der Waals surface area contributed by atoms with Crippen LogP contribution in [0.25, 0.3) is 0 Å². The topological polar surface area (TPSA) is 73.0 Å². The monoisotopic (exact) mass is 466 g/mol. The van der Waals surface area contributed by atoms with Gasteiger partial charge in [0.25, 0.3) is 0 Å². The molecule has 0 aliphatic carbocycles. The van der Waals surface area contributed by atoms with Crippen molar-refractivity contribution in [3.05, 3.63) is 29.8 Å². The van der Waals surface area contributed by atoms with E-state index >= 15 is 0 Å². The van der Waals surface area contributed by atoms with Crippen molar-refractivity contribution < 1.29 is 13.2 Å². The number of sulfonamides is 1. The average molecular weight is 467 g/mol. The fourth-order valence-corrected chi connectivity index (χ4v) is 5.10. The number of hydrogen-bond donors (Lipinski definition) is 1.